The number of para-hydroxylation sites is 1. The smallest absolute Gasteiger partial charge is 0.317 e. The molecule has 1 N–H and O–H groups in total. The van der Waals surface area contributed by atoms with Gasteiger partial charge in [-0.15, -0.1) is 0 Å². The topological polar surface area (TPSA) is 59.4 Å². The van der Waals surface area contributed by atoms with Gasteiger partial charge in [0.2, 0.25) is 0 Å². The average molecular weight is 338 g/mol. The molecule has 1 aliphatic heterocycles. The Hall–Kier alpha value is -3.07. The Labute approximate surface area is 146 Å². The molecule has 6 heteroatoms. The molecule has 1 aliphatic rings. The Bertz CT molecular complexity index is 794. The van der Waals surface area contributed by atoms with Gasteiger partial charge in [-0.25, -0.2) is 9.18 Å². The molecule has 1 fully saturated rings. The van der Waals surface area contributed by atoms with Gasteiger partial charge in [-0.3, -0.25) is 0 Å². The number of amides is 2. The monoisotopic (exact) mass is 338 g/mol. The lowest BCUT2D eigenvalue weighted by Crippen LogP contribution is -2.51. The minimum atomic E-state index is -0.319. The molecule has 0 aromatic heterocycles. The predicted molar refractivity (Wildman–Crippen MR) is 93.6 cm³/mol. The van der Waals surface area contributed by atoms with Crippen LogP contribution in [0.2, 0.25) is 0 Å². The minimum absolute atomic E-state index is 0.170. The largest absolute Gasteiger partial charge is 0.367 e. The number of carbonyl (C=O) groups is 1. The van der Waals surface area contributed by atoms with Crippen LogP contribution in [0.15, 0.2) is 48.5 Å². The maximum atomic E-state index is 13.6. The zero-order valence-electron chi connectivity index (χ0n) is 13.8. The molecular weight excluding hydrogens is 319 g/mol. The molecule has 0 radical (unpaired) electrons. The number of piperazine rings is 1. The summed E-state index contributed by atoms with van der Waals surface area (Å²) in [4.78, 5) is 16.1. The second-order valence-corrected chi connectivity index (χ2v) is 5.85. The van der Waals surface area contributed by atoms with Crippen LogP contribution in [0.4, 0.5) is 14.9 Å². The van der Waals surface area contributed by atoms with Crippen molar-refractivity contribution in [1.29, 1.82) is 5.26 Å². The first-order valence-electron chi connectivity index (χ1n) is 8.19. The van der Waals surface area contributed by atoms with Gasteiger partial charge in [0.25, 0.3) is 0 Å². The fourth-order valence-electron chi connectivity index (χ4n) is 2.92. The van der Waals surface area contributed by atoms with Crippen LogP contribution in [0.1, 0.15) is 11.1 Å². The zero-order chi connectivity index (χ0) is 17.6. The van der Waals surface area contributed by atoms with Crippen molar-refractivity contribution >= 4 is 11.7 Å². The highest BCUT2D eigenvalue weighted by Crippen LogP contribution is 2.21. The Morgan fingerprint density at radius 2 is 1.76 bits per heavy atom. The number of hydrogen-bond acceptors (Lipinski definition) is 3. The van der Waals surface area contributed by atoms with Gasteiger partial charge in [0.15, 0.2) is 0 Å². The van der Waals surface area contributed by atoms with Crippen LogP contribution < -0.4 is 10.2 Å². The Morgan fingerprint density at radius 1 is 1.08 bits per heavy atom. The molecule has 128 valence electrons. The van der Waals surface area contributed by atoms with Crippen molar-refractivity contribution in [1.82, 2.24) is 10.2 Å². The summed E-state index contributed by atoms with van der Waals surface area (Å²) in [5.41, 5.74) is 2.01. The van der Waals surface area contributed by atoms with Crippen LogP contribution >= 0.6 is 0 Å². The molecule has 2 aromatic carbocycles. The second-order valence-electron chi connectivity index (χ2n) is 5.85. The Balaban J connectivity index is 1.54. The molecule has 5 nitrogen and oxygen atoms in total. The van der Waals surface area contributed by atoms with Crippen molar-refractivity contribution in [3.63, 3.8) is 0 Å². The molecule has 0 spiro atoms. The number of nitriles is 1. The van der Waals surface area contributed by atoms with Crippen LogP contribution in [0.5, 0.6) is 0 Å². The van der Waals surface area contributed by atoms with E-state index in [9.17, 15) is 14.4 Å². The van der Waals surface area contributed by atoms with E-state index in [1.165, 1.54) is 6.07 Å². The number of nitrogens with zero attached hydrogens (tertiary/aromatic N) is 3. The first-order chi connectivity index (χ1) is 12.2. The molecule has 0 aliphatic carbocycles. The normalized spacial score (nSPS) is 14.1. The van der Waals surface area contributed by atoms with Crippen LogP contribution in [-0.2, 0) is 6.54 Å². The highest BCUT2D eigenvalue weighted by Gasteiger charge is 2.22. The molecular formula is C19H19FN4O. The highest BCUT2D eigenvalue weighted by molar-refractivity contribution is 5.74. The predicted octanol–water partition coefficient (Wildman–Crippen LogP) is 2.73. The number of benzene rings is 2. The van der Waals surface area contributed by atoms with Crippen LogP contribution in [0.25, 0.3) is 0 Å². The lowest BCUT2D eigenvalue weighted by molar-refractivity contribution is 0.194. The lowest BCUT2D eigenvalue weighted by Gasteiger charge is -2.36. The minimum Gasteiger partial charge on any atom is -0.367 e. The average Bonchev–Trinajstić information content (AvgIpc) is 2.67. The summed E-state index contributed by atoms with van der Waals surface area (Å²) in [5.74, 6) is -0.319. The summed E-state index contributed by atoms with van der Waals surface area (Å²) in [6, 6.07) is 15.9. The summed E-state index contributed by atoms with van der Waals surface area (Å²) in [6.07, 6.45) is 0. The fraction of sp³-hybridized carbons (Fsp3) is 0.263. The van der Waals surface area contributed by atoms with Crippen molar-refractivity contribution in [2.75, 3.05) is 31.1 Å². The first kappa shape index (κ1) is 16.8. The standard InChI is InChI=1S/C19H19FN4O/c20-17-7-3-1-6-16(17)14-22-19(25)24-11-9-23(10-12-24)18-8-4-2-5-15(18)13-21/h1-8H,9-12,14H2,(H,22,25). The number of anilines is 1. The first-order valence-corrected chi connectivity index (χ1v) is 8.19. The van der Waals surface area contributed by atoms with Gasteiger partial charge in [-0.2, -0.15) is 5.26 Å². The summed E-state index contributed by atoms with van der Waals surface area (Å²) >= 11 is 0. The maximum absolute atomic E-state index is 13.6. The van der Waals surface area contributed by atoms with Gasteiger partial charge >= 0.3 is 6.03 Å². The maximum Gasteiger partial charge on any atom is 0.317 e. The lowest BCUT2D eigenvalue weighted by atomic mass is 10.1. The third-order valence-corrected chi connectivity index (χ3v) is 4.32. The van der Waals surface area contributed by atoms with Gasteiger partial charge in [-0.05, 0) is 18.2 Å². The summed E-state index contributed by atoms with van der Waals surface area (Å²) in [5, 5.41) is 12.0. The van der Waals surface area contributed by atoms with E-state index in [1.807, 2.05) is 18.2 Å². The van der Waals surface area contributed by atoms with Crippen LogP contribution in [0, 0.1) is 17.1 Å². The van der Waals surface area contributed by atoms with E-state index in [-0.39, 0.29) is 18.4 Å². The molecule has 1 saturated heterocycles. The third-order valence-electron chi connectivity index (χ3n) is 4.32. The third kappa shape index (κ3) is 3.89. The number of nitrogens with one attached hydrogen (secondary N) is 1. The molecule has 2 aromatic rings. The SMILES string of the molecule is N#Cc1ccccc1N1CCN(C(=O)NCc2ccccc2F)CC1. The van der Waals surface area contributed by atoms with Crippen molar-refractivity contribution in [2.45, 2.75) is 6.54 Å². The fourth-order valence-corrected chi connectivity index (χ4v) is 2.92. The van der Waals surface area contributed by atoms with E-state index in [1.54, 1.807) is 29.2 Å². The summed E-state index contributed by atoms with van der Waals surface area (Å²) in [6.45, 7) is 2.60. The Kier molecular flexibility index (Phi) is 5.14. The van der Waals surface area contributed by atoms with E-state index in [0.717, 1.165) is 5.69 Å². The number of rotatable bonds is 3. The highest BCUT2D eigenvalue weighted by atomic mass is 19.1. The molecule has 2 amide bonds. The molecule has 25 heavy (non-hydrogen) atoms. The van der Waals surface area contributed by atoms with Gasteiger partial charge in [-0.1, -0.05) is 30.3 Å². The molecule has 0 saturated carbocycles. The Morgan fingerprint density at radius 3 is 2.48 bits per heavy atom. The van der Waals surface area contributed by atoms with Crippen LogP contribution in [0.3, 0.4) is 0 Å². The van der Waals surface area contributed by atoms with Gasteiger partial charge in [0.1, 0.15) is 11.9 Å². The molecule has 0 bridgehead atoms. The van der Waals surface area contributed by atoms with E-state index < -0.39 is 0 Å². The van der Waals surface area contributed by atoms with Gasteiger partial charge < -0.3 is 15.1 Å². The van der Waals surface area contributed by atoms with Crippen molar-refractivity contribution in [3.8, 4) is 6.07 Å². The van der Waals surface area contributed by atoms with Crippen molar-refractivity contribution < 1.29 is 9.18 Å². The second kappa shape index (κ2) is 7.67. The molecule has 3 rings (SSSR count). The number of urea groups is 1. The van der Waals surface area contributed by atoms with E-state index >= 15 is 0 Å². The zero-order valence-corrected chi connectivity index (χ0v) is 13.8. The van der Waals surface area contributed by atoms with Crippen LogP contribution in [-0.4, -0.2) is 37.1 Å². The van der Waals surface area contributed by atoms with E-state index in [2.05, 4.69) is 16.3 Å². The van der Waals surface area contributed by atoms with Crippen molar-refractivity contribution in [2.24, 2.45) is 0 Å². The number of carbonyl (C=O) groups excluding carboxylic acids is 1. The number of hydrogen-bond donors (Lipinski definition) is 1. The quantitative estimate of drug-likeness (QED) is 0.936. The van der Waals surface area contributed by atoms with E-state index in [4.69, 9.17) is 0 Å². The molecule has 0 atom stereocenters. The van der Waals surface area contributed by atoms with Crippen molar-refractivity contribution in [3.05, 3.63) is 65.5 Å². The molecule has 1 heterocycles. The number of halogens is 1. The summed E-state index contributed by atoms with van der Waals surface area (Å²) < 4.78 is 13.6. The molecule has 0 unspecified atom stereocenters. The van der Waals surface area contributed by atoms with Gasteiger partial charge in [0, 0.05) is 38.3 Å². The summed E-state index contributed by atoms with van der Waals surface area (Å²) in [7, 11) is 0. The van der Waals surface area contributed by atoms with Gasteiger partial charge in [0.05, 0.1) is 11.3 Å². The van der Waals surface area contributed by atoms with E-state index in [0.29, 0.717) is 37.3 Å².